The molecule has 0 amide bonds. The molecule has 1 N–H and O–H groups in total. The predicted molar refractivity (Wildman–Crippen MR) is 79.3 cm³/mol. The molecule has 2 saturated heterocycles. The van der Waals surface area contributed by atoms with E-state index >= 15 is 0 Å². The van der Waals surface area contributed by atoms with Gasteiger partial charge in [-0.1, -0.05) is 11.6 Å². The third kappa shape index (κ3) is 2.82. The van der Waals surface area contributed by atoms with Gasteiger partial charge in [-0.15, -0.1) is 0 Å². The Morgan fingerprint density at radius 1 is 1.29 bits per heavy atom. The standard InChI is InChI=1S/C14H18ClFN2O2S/c1-18(12-7-10-3-4-11(8-12)17-10)21(19,20)14-5-2-9(15)6-13(14)16/h2,5-6,10-12,17H,3-4,7-8H2,1H3. The maximum absolute atomic E-state index is 13.9. The second-order valence-corrected chi connectivity index (χ2v) is 8.26. The number of hydrogen-bond donors (Lipinski definition) is 1. The van der Waals surface area contributed by atoms with Crippen molar-refractivity contribution in [3.8, 4) is 0 Å². The minimum Gasteiger partial charge on any atom is -0.311 e. The lowest BCUT2D eigenvalue weighted by Crippen LogP contribution is -2.48. The van der Waals surface area contributed by atoms with E-state index in [0.717, 1.165) is 31.7 Å². The smallest absolute Gasteiger partial charge is 0.245 e. The van der Waals surface area contributed by atoms with E-state index in [1.807, 2.05) is 0 Å². The molecule has 0 aromatic heterocycles. The summed E-state index contributed by atoms with van der Waals surface area (Å²) in [5.41, 5.74) is 0. The Balaban J connectivity index is 1.87. The van der Waals surface area contributed by atoms with Crippen LogP contribution in [0.4, 0.5) is 4.39 Å². The van der Waals surface area contributed by atoms with Crippen molar-refractivity contribution in [1.29, 1.82) is 0 Å². The van der Waals surface area contributed by atoms with Crippen LogP contribution in [-0.4, -0.2) is 37.9 Å². The monoisotopic (exact) mass is 332 g/mol. The zero-order valence-electron chi connectivity index (χ0n) is 11.7. The summed E-state index contributed by atoms with van der Waals surface area (Å²) >= 11 is 5.69. The Morgan fingerprint density at radius 2 is 1.90 bits per heavy atom. The van der Waals surface area contributed by atoms with Crippen molar-refractivity contribution in [2.75, 3.05) is 7.05 Å². The molecule has 0 spiro atoms. The summed E-state index contributed by atoms with van der Waals surface area (Å²) in [5, 5.41) is 3.66. The third-order valence-corrected chi connectivity index (χ3v) is 6.69. The number of hydrogen-bond acceptors (Lipinski definition) is 3. The Bertz CT molecular complexity index is 640. The van der Waals surface area contributed by atoms with Crippen LogP contribution in [0.25, 0.3) is 0 Å². The number of halogens is 2. The van der Waals surface area contributed by atoms with Crippen molar-refractivity contribution in [2.24, 2.45) is 0 Å². The van der Waals surface area contributed by atoms with E-state index < -0.39 is 15.8 Å². The molecule has 116 valence electrons. The number of sulfonamides is 1. The van der Waals surface area contributed by atoms with Gasteiger partial charge in [-0.05, 0) is 43.9 Å². The van der Waals surface area contributed by atoms with E-state index in [0.29, 0.717) is 12.1 Å². The number of nitrogens with zero attached hydrogens (tertiary/aromatic N) is 1. The molecule has 0 aliphatic carbocycles. The molecular formula is C14H18ClFN2O2S. The lowest BCUT2D eigenvalue weighted by molar-refractivity contribution is 0.251. The van der Waals surface area contributed by atoms with Gasteiger partial charge in [0.2, 0.25) is 10.0 Å². The minimum atomic E-state index is -3.83. The molecule has 0 radical (unpaired) electrons. The van der Waals surface area contributed by atoms with Gasteiger partial charge in [0.15, 0.2) is 0 Å². The van der Waals surface area contributed by atoms with Gasteiger partial charge in [0.1, 0.15) is 10.7 Å². The van der Waals surface area contributed by atoms with Crippen LogP contribution in [0.2, 0.25) is 5.02 Å². The Hall–Kier alpha value is -0.690. The fourth-order valence-electron chi connectivity index (χ4n) is 3.36. The quantitative estimate of drug-likeness (QED) is 0.924. The molecule has 2 atom stereocenters. The first-order valence-corrected chi connectivity index (χ1v) is 8.89. The lowest BCUT2D eigenvalue weighted by Gasteiger charge is -2.34. The summed E-state index contributed by atoms with van der Waals surface area (Å²) in [6, 6.07) is 4.34. The van der Waals surface area contributed by atoms with E-state index in [-0.39, 0.29) is 16.0 Å². The highest BCUT2D eigenvalue weighted by molar-refractivity contribution is 7.89. The largest absolute Gasteiger partial charge is 0.311 e. The van der Waals surface area contributed by atoms with Crippen LogP contribution < -0.4 is 5.32 Å². The Labute approximate surface area is 129 Å². The van der Waals surface area contributed by atoms with E-state index in [2.05, 4.69) is 5.32 Å². The lowest BCUT2D eigenvalue weighted by atomic mass is 10.0. The number of rotatable bonds is 3. The van der Waals surface area contributed by atoms with Crippen LogP contribution in [-0.2, 0) is 10.0 Å². The van der Waals surface area contributed by atoms with Gasteiger partial charge in [-0.25, -0.2) is 12.8 Å². The topological polar surface area (TPSA) is 49.4 Å². The molecule has 3 rings (SSSR count). The van der Waals surface area contributed by atoms with Gasteiger partial charge in [-0.3, -0.25) is 0 Å². The molecule has 2 unspecified atom stereocenters. The molecule has 7 heteroatoms. The van der Waals surface area contributed by atoms with E-state index in [9.17, 15) is 12.8 Å². The molecular weight excluding hydrogens is 315 g/mol. The van der Waals surface area contributed by atoms with Crippen molar-refractivity contribution in [1.82, 2.24) is 9.62 Å². The molecule has 21 heavy (non-hydrogen) atoms. The zero-order valence-corrected chi connectivity index (χ0v) is 13.3. The molecule has 0 saturated carbocycles. The van der Waals surface area contributed by atoms with Gasteiger partial charge in [0, 0.05) is 30.2 Å². The van der Waals surface area contributed by atoms with Crippen molar-refractivity contribution < 1.29 is 12.8 Å². The molecule has 2 aliphatic heterocycles. The van der Waals surface area contributed by atoms with Crippen molar-refractivity contribution >= 4 is 21.6 Å². The van der Waals surface area contributed by atoms with Crippen LogP contribution in [0.15, 0.2) is 23.1 Å². The van der Waals surface area contributed by atoms with Gasteiger partial charge in [-0.2, -0.15) is 4.31 Å². The van der Waals surface area contributed by atoms with Crippen LogP contribution >= 0.6 is 11.6 Å². The summed E-state index contributed by atoms with van der Waals surface area (Å²) in [4.78, 5) is -0.305. The fraction of sp³-hybridized carbons (Fsp3) is 0.571. The first-order valence-electron chi connectivity index (χ1n) is 7.07. The molecule has 2 heterocycles. The first kappa shape index (κ1) is 15.2. The fourth-order valence-corrected chi connectivity index (χ4v) is 4.94. The second-order valence-electron chi connectivity index (χ2n) is 5.86. The maximum atomic E-state index is 13.9. The van der Waals surface area contributed by atoms with Gasteiger partial charge in [0.05, 0.1) is 0 Å². The van der Waals surface area contributed by atoms with Gasteiger partial charge in [0.25, 0.3) is 0 Å². The van der Waals surface area contributed by atoms with E-state index in [1.165, 1.54) is 16.4 Å². The SMILES string of the molecule is CN(C1CC2CCC(C1)N2)S(=O)(=O)c1ccc(Cl)cc1F. The normalized spacial score (nSPS) is 29.0. The minimum absolute atomic E-state index is 0.0798. The molecule has 2 bridgehead atoms. The van der Waals surface area contributed by atoms with Crippen LogP contribution in [0.1, 0.15) is 25.7 Å². The van der Waals surface area contributed by atoms with E-state index in [4.69, 9.17) is 11.6 Å². The Morgan fingerprint density at radius 3 is 2.48 bits per heavy atom. The summed E-state index contributed by atoms with van der Waals surface area (Å²) in [5.74, 6) is -0.800. The van der Waals surface area contributed by atoms with Crippen molar-refractivity contribution in [3.05, 3.63) is 29.0 Å². The van der Waals surface area contributed by atoms with Crippen molar-refractivity contribution in [2.45, 2.75) is 48.7 Å². The number of nitrogens with one attached hydrogen (secondary N) is 1. The first-order chi connectivity index (χ1) is 9.88. The summed E-state index contributed by atoms with van der Waals surface area (Å²) in [7, 11) is -2.29. The number of piperidine rings is 1. The molecule has 1 aromatic carbocycles. The number of fused-ring (bicyclic) bond motifs is 2. The molecule has 4 nitrogen and oxygen atoms in total. The second kappa shape index (κ2) is 5.50. The van der Waals surface area contributed by atoms with E-state index in [1.54, 1.807) is 7.05 Å². The summed E-state index contributed by atoms with van der Waals surface area (Å²) in [6.45, 7) is 0. The number of benzene rings is 1. The molecule has 2 aliphatic rings. The maximum Gasteiger partial charge on any atom is 0.245 e. The molecule has 1 aromatic rings. The average molecular weight is 333 g/mol. The van der Waals surface area contributed by atoms with Crippen molar-refractivity contribution in [3.63, 3.8) is 0 Å². The highest BCUT2D eigenvalue weighted by Gasteiger charge is 2.39. The zero-order chi connectivity index (χ0) is 15.2. The van der Waals surface area contributed by atoms with Gasteiger partial charge >= 0.3 is 0 Å². The van der Waals surface area contributed by atoms with Gasteiger partial charge < -0.3 is 5.32 Å². The van der Waals surface area contributed by atoms with Crippen LogP contribution in [0, 0.1) is 5.82 Å². The van der Waals surface area contributed by atoms with Crippen LogP contribution in [0.3, 0.4) is 0 Å². The molecule has 2 fully saturated rings. The Kier molecular flexibility index (Phi) is 3.98. The summed E-state index contributed by atoms with van der Waals surface area (Å²) < 4.78 is 40.5. The summed E-state index contributed by atoms with van der Waals surface area (Å²) in [6.07, 6.45) is 3.73. The average Bonchev–Trinajstić information content (AvgIpc) is 2.76. The predicted octanol–water partition coefficient (Wildman–Crippen LogP) is 2.38. The third-order valence-electron chi connectivity index (χ3n) is 4.51. The van der Waals surface area contributed by atoms with Crippen LogP contribution in [0.5, 0.6) is 0 Å². The highest BCUT2D eigenvalue weighted by Crippen LogP contribution is 2.32. The highest BCUT2D eigenvalue weighted by atomic mass is 35.5.